The van der Waals surface area contributed by atoms with E-state index >= 15 is 0 Å². The van der Waals surface area contributed by atoms with Crippen molar-refractivity contribution in [1.29, 1.82) is 0 Å². The Morgan fingerprint density at radius 1 is 1.19 bits per heavy atom. The number of hydrogen-bond acceptors (Lipinski definition) is 6. The van der Waals surface area contributed by atoms with E-state index in [0.29, 0.717) is 0 Å². The third kappa shape index (κ3) is 5.04. The molecule has 4 aromatic rings. The van der Waals surface area contributed by atoms with E-state index in [1.54, 1.807) is 12.5 Å². The van der Waals surface area contributed by atoms with E-state index in [0.717, 1.165) is 34.8 Å². The first-order valence-corrected chi connectivity index (χ1v) is 9.61. The number of rotatable bonds is 6. The van der Waals surface area contributed by atoms with Crippen LogP contribution in [0.5, 0.6) is 0 Å². The molecule has 10 heteroatoms. The Balaban J connectivity index is 0.000000858. The lowest BCUT2D eigenvalue weighted by Gasteiger charge is -2.07. The van der Waals surface area contributed by atoms with E-state index in [-0.39, 0.29) is 12.5 Å². The van der Waals surface area contributed by atoms with Gasteiger partial charge in [-0.15, -0.1) is 0 Å². The lowest BCUT2D eigenvalue weighted by molar-refractivity contribution is -0.684. The lowest BCUT2D eigenvalue weighted by atomic mass is 10.2. The van der Waals surface area contributed by atoms with Crippen molar-refractivity contribution in [3.8, 4) is 5.82 Å². The van der Waals surface area contributed by atoms with Crippen LogP contribution in [0.3, 0.4) is 0 Å². The molecular weight excluding hydrogens is 398 g/mol. The van der Waals surface area contributed by atoms with Crippen LogP contribution in [-0.2, 0) is 22.7 Å². The van der Waals surface area contributed by atoms with Gasteiger partial charge in [-0.25, -0.2) is 9.67 Å². The summed E-state index contributed by atoms with van der Waals surface area (Å²) in [7, 11) is 1.86. The average Bonchev–Trinajstić information content (AvgIpc) is 3.40. The third-order valence-electron chi connectivity index (χ3n) is 4.58. The molecule has 0 spiro atoms. The molecule has 160 valence electrons. The first kappa shape index (κ1) is 21.5. The summed E-state index contributed by atoms with van der Waals surface area (Å²) in [4.78, 5) is 25.1. The number of carboxylic acid groups (broad SMARTS) is 1. The van der Waals surface area contributed by atoms with Crippen molar-refractivity contribution in [2.45, 2.75) is 20.0 Å². The van der Waals surface area contributed by atoms with Gasteiger partial charge in [0.05, 0.1) is 17.2 Å². The molecule has 0 saturated carbocycles. The standard InChI is InChI=1S/C20H21N7O.CH2O2/c1-3-27-20(6-9-23-27)26-14-22-17-12-16(4-5-18(17)26)24-19(28)13-25-10-7-15(21-2)8-11-25;2-1-3/h4-12,14H,3,13H2,1-2H3,(H,24,28);1H,(H,2,3). The van der Waals surface area contributed by atoms with E-state index in [9.17, 15) is 4.79 Å². The van der Waals surface area contributed by atoms with Gasteiger partial charge in [0.15, 0.2) is 12.4 Å². The fraction of sp³-hybridized carbons (Fsp3) is 0.190. The molecule has 0 unspecified atom stereocenters. The number of carbonyl (C=O) groups excluding carboxylic acids is 2. The predicted octanol–water partition coefficient (Wildman–Crippen LogP) is 0.576. The smallest absolute Gasteiger partial charge is 0.290 e. The monoisotopic (exact) mass is 421 g/mol. The fourth-order valence-electron chi connectivity index (χ4n) is 3.14. The minimum atomic E-state index is -0.500. The maximum Gasteiger partial charge on any atom is 0.290 e. The Labute approximate surface area is 178 Å². The quantitative estimate of drug-likeness (QED) is 0.347. The van der Waals surface area contributed by atoms with Gasteiger partial charge in [-0.05, 0) is 25.1 Å². The molecule has 0 bridgehead atoms. The van der Waals surface area contributed by atoms with Crippen molar-refractivity contribution >= 4 is 34.8 Å². The van der Waals surface area contributed by atoms with Crippen molar-refractivity contribution in [3.63, 3.8) is 0 Å². The van der Waals surface area contributed by atoms with Gasteiger partial charge in [-0.3, -0.25) is 9.36 Å². The molecule has 10 nitrogen and oxygen atoms in total. The van der Waals surface area contributed by atoms with Crippen molar-refractivity contribution in [2.24, 2.45) is 0 Å². The minimum absolute atomic E-state index is 0.0925. The molecule has 2 N–H and O–H groups in total. The molecule has 0 fully saturated rings. The Morgan fingerprint density at radius 2 is 1.94 bits per heavy atom. The highest BCUT2D eigenvalue weighted by Gasteiger charge is 2.12. The Hall–Kier alpha value is -4.21. The molecule has 0 aliphatic carbocycles. The van der Waals surface area contributed by atoms with Crippen LogP contribution < -0.4 is 20.3 Å². The highest BCUT2D eigenvalue weighted by molar-refractivity contribution is 5.92. The van der Waals surface area contributed by atoms with Crippen LogP contribution in [0.1, 0.15) is 6.92 Å². The van der Waals surface area contributed by atoms with Crippen LogP contribution in [0.15, 0.2) is 61.3 Å². The van der Waals surface area contributed by atoms with Gasteiger partial charge in [-0.1, -0.05) is 0 Å². The van der Waals surface area contributed by atoms with Gasteiger partial charge in [0, 0.05) is 49.6 Å². The van der Waals surface area contributed by atoms with Crippen LogP contribution in [0, 0.1) is 0 Å². The predicted molar refractivity (Wildman–Crippen MR) is 113 cm³/mol. The molecule has 0 aliphatic heterocycles. The molecule has 0 atom stereocenters. The molecule has 4 rings (SSSR count). The molecule has 0 radical (unpaired) electrons. The normalized spacial score (nSPS) is 10.3. The first-order chi connectivity index (χ1) is 15.1. The van der Waals surface area contributed by atoms with Crippen molar-refractivity contribution in [2.75, 3.05) is 17.7 Å². The molecular formula is C21H23N7O3. The van der Waals surface area contributed by atoms with Crippen LogP contribution in [0.4, 0.5) is 11.4 Å². The van der Waals surface area contributed by atoms with Crippen molar-refractivity contribution < 1.29 is 19.3 Å². The number of imidazole rings is 1. The summed E-state index contributed by atoms with van der Waals surface area (Å²) in [6.07, 6.45) is 7.29. The Kier molecular flexibility index (Phi) is 6.94. The zero-order chi connectivity index (χ0) is 22.2. The molecule has 1 aromatic carbocycles. The summed E-state index contributed by atoms with van der Waals surface area (Å²) in [5.41, 5.74) is 3.50. The second-order valence-electron chi connectivity index (χ2n) is 6.48. The summed E-state index contributed by atoms with van der Waals surface area (Å²) < 4.78 is 5.74. The number of nitrogens with one attached hydrogen (secondary N) is 2. The highest BCUT2D eigenvalue weighted by atomic mass is 16.3. The first-order valence-electron chi connectivity index (χ1n) is 9.61. The number of hydrogen-bond donors (Lipinski definition) is 2. The zero-order valence-corrected chi connectivity index (χ0v) is 17.2. The van der Waals surface area contributed by atoms with E-state index in [1.807, 2.05) is 76.6 Å². The van der Waals surface area contributed by atoms with Crippen molar-refractivity contribution in [3.05, 3.63) is 61.3 Å². The summed E-state index contributed by atoms with van der Waals surface area (Å²) >= 11 is 0. The number of amides is 1. The number of carbonyl (C=O) groups is 2. The number of aryl methyl sites for hydroxylation is 1. The van der Waals surface area contributed by atoms with Gasteiger partial charge in [0.25, 0.3) is 5.91 Å². The largest absolute Gasteiger partial charge is 0.554 e. The highest BCUT2D eigenvalue weighted by Crippen LogP contribution is 2.21. The number of benzene rings is 1. The number of aromatic nitrogens is 5. The summed E-state index contributed by atoms with van der Waals surface area (Å²) in [5.74, 6) is 0.869. The maximum atomic E-state index is 12.4. The van der Waals surface area contributed by atoms with Crippen LogP contribution in [0.25, 0.3) is 16.9 Å². The number of pyridine rings is 1. The third-order valence-corrected chi connectivity index (χ3v) is 4.58. The molecule has 1 amide bonds. The Bertz CT molecular complexity index is 1170. The van der Waals surface area contributed by atoms with Crippen molar-refractivity contribution in [1.82, 2.24) is 19.3 Å². The topological polar surface area (TPSA) is 121 Å². The minimum Gasteiger partial charge on any atom is -0.554 e. The molecule has 31 heavy (non-hydrogen) atoms. The van der Waals surface area contributed by atoms with E-state index in [2.05, 4.69) is 20.7 Å². The van der Waals surface area contributed by atoms with E-state index in [4.69, 9.17) is 9.90 Å². The SMILES string of the molecule is CCn1nccc1-n1cnc2cc(NC(=O)C[n+]3ccc(NC)cc3)ccc21.O=C[O-]. The van der Waals surface area contributed by atoms with E-state index < -0.39 is 6.47 Å². The van der Waals surface area contributed by atoms with Gasteiger partial charge in [-0.2, -0.15) is 9.67 Å². The number of fused-ring (bicyclic) bond motifs is 1. The van der Waals surface area contributed by atoms with Gasteiger partial charge >= 0.3 is 0 Å². The van der Waals surface area contributed by atoms with Gasteiger partial charge in [0.1, 0.15) is 12.1 Å². The maximum absolute atomic E-state index is 12.4. The molecule has 0 saturated heterocycles. The molecule has 3 heterocycles. The van der Waals surface area contributed by atoms with Crippen LogP contribution >= 0.6 is 0 Å². The average molecular weight is 421 g/mol. The van der Waals surface area contributed by atoms with Crippen LogP contribution in [0.2, 0.25) is 0 Å². The lowest BCUT2D eigenvalue weighted by Crippen LogP contribution is -2.39. The fourth-order valence-corrected chi connectivity index (χ4v) is 3.14. The second-order valence-corrected chi connectivity index (χ2v) is 6.48. The number of anilines is 2. The number of nitrogens with zero attached hydrogens (tertiary/aromatic N) is 5. The van der Waals surface area contributed by atoms with Gasteiger partial charge < -0.3 is 20.5 Å². The summed E-state index contributed by atoms with van der Waals surface area (Å²) in [6, 6.07) is 11.5. The summed E-state index contributed by atoms with van der Waals surface area (Å²) in [6.45, 7) is 2.57. The second kappa shape index (κ2) is 10.0. The molecule has 0 aliphatic rings. The molecule has 3 aromatic heterocycles. The van der Waals surface area contributed by atoms with E-state index in [1.165, 1.54) is 0 Å². The summed E-state index contributed by atoms with van der Waals surface area (Å²) in [5, 5.41) is 18.6. The van der Waals surface area contributed by atoms with Crippen LogP contribution in [-0.4, -0.2) is 38.8 Å². The van der Waals surface area contributed by atoms with Gasteiger partial charge in [0.2, 0.25) is 6.54 Å². The zero-order valence-electron chi connectivity index (χ0n) is 17.2. The Morgan fingerprint density at radius 3 is 2.61 bits per heavy atom.